The Balaban J connectivity index is 1.42. The number of rotatable bonds is 8. The van der Waals surface area contributed by atoms with Gasteiger partial charge in [-0.25, -0.2) is 0 Å². The first-order valence-electron chi connectivity index (χ1n) is 13.4. The van der Waals surface area contributed by atoms with Crippen LogP contribution in [0.1, 0.15) is 44.4 Å². The van der Waals surface area contributed by atoms with Crippen LogP contribution in [0.4, 0.5) is 13.2 Å². The lowest BCUT2D eigenvalue weighted by molar-refractivity contribution is -0.180. The first kappa shape index (κ1) is 28.8. The van der Waals surface area contributed by atoms with E-state index in [1.165, 1.54) is 13.8 Å². The summed E-state index contributed by atoms with van der Waals surface area (Å²) in [4.78, 5) is 21.7. The molecule has 39 heavy (non-hydrogen) atoms. The lowest BCUT2D eigenvalue weighted by Crippen LogP contribution is -2.59. The molecule has 1 aliphatic heterocycles. The van der Waals surface area contributed by atoms with Crippen LogP contribution in [0.5, 0.6) is 0 Å². The number of aromatic nitrogens is 1. The number of nitrogens with zero attached hydrogens (tertiary/aromatic N) is 3. The Labute approximate surface area is 229 Å². The first-order chi connectivity index (χ1) is 18.4. The number of hydrogen-bond acceptors (Lipinski definition) is 4. The maximum Gasteiger partial charge on any atom is 0.397 e. The number of hydrogen-bond donors (Lipinski definition) is 1. The van der Waals surface area contributed by atoms with Crippen molar-refractivity contribution in [1.29, 1.82) is 0 Å². The molecular formula is C31H37F3N4O. The third-order valence-corrected chi connectivity index (χ3v) is 7.45. The molecule has 4 rings (SSSR count). The molecule has 8 heteroatoms. The van der Waals surface area contributed by atoms with Crippen LogP contribution in [0.15, 0.2) is 73.1 Å². The molecule has 1 saturated heterocycles. The van der Waals surface area contributed by atoms with Gasteiger partial charge in [-0.15, -0.1) is 0 Å². The van der Waals surface area contributed by atoms with E-state index in [0.29, 0.717) is 19.6 Å². The molecule has 1 aromatic heterocycles. The van der Waals surface area contributed by atoms with Crippen molar-refractivity contribution in [2.45, 2.75) is 64.5 Å². The van der Waals surface area contributed by atoms with Crippen LogP contribution < -0.4 is 5.32 Å². The molecular weight excluding hydrogens is 501 g/mol. The predicted octanol–water partition coefficient (Wildman–Crippen LogP) is 5.80. The molecule has 1 fully saturated rings. The van der Waals surface area contributed by atoms with Crippen molar-refractivity contribution in [3.63, 3.8) is 0 Å². The van der Waals surface area contributed by atoms with Gasteiger partial charge in [0.25, 0.3) is 0 Å². The van der Waals surface area contributed by atoms with Crippen molar-refractivity contribution in [2.75, 3.05) is 19.6 Å². The minimum absolute atomic E-state index is 0.0382. The topological polar surface area (TPSA) is 48.5 Å². The maximum absolute atomic E-state index is 13.4. The average Bonchev–Trinajstić information content (AvgIpc) is 2.89. The maximum atomic E-state index is 13.4. The lowest BCUT2D eigenvalue weighted by Gasteiger charge is -2.41. The third kappa shape index (κ3) is 7.05. The van der Waals surface area contributed by atoms with Crippen LogP contribution in [0, 0.1) is 0 Å². The highest BCUT2D eigenvalue weighted by atomic mass is 19.4. The van der Waals surface area contributed by atoms with Crippen LogP contribution in [-0.4, -0.2) is 58.6 Å². The number of benzene rings is 2. The van der Waals surface area contributed by atoms with Crippen molar-refractivity contribution < 1.29 is 18.0 Å². The van der Waals surface area contributed by atoms with Crippen molar-refractivity contribution in [3.05, 3.63) is 89.7 Å². The smallest absolute Gasteiger partial charge is 0.353 e. The molecule has 0 unspecified atom stereocenters. The third-order valence-electron chi connectivity index (χ3n) is 7.45. The van der Waals surface area contributed by atoms with Crippen LogP contribution in [0.3, 0.4) is 0 Å². The van der Waals surface area contributed by atoms with Crippen LogP contribution in [-0.2, 0) is 23.3 Å². The molecule has 1 N–H and O–H groups in total. The van der Waals surface area contributed by atoms with Gasteiger partial charge < -0.3 is 5.32 Å². The Morgan fingerprint density at radius 2 is 1.46 bits per heavy atom. The zero-order chi connectivity index (χ0) is 28.2. The quantitative estimate of drug-likeness (QED) is 0.394. The number of halogens is 3. The van der Waals surface area contributed by atoms with Crippen molar-refractivity contribution in [2.24, 2.45) is 0 Å². The molecule has 1 aliphatic rings. The van der Waals surface area contributed by atoms with Gasteiger partial charge >= 0.3 is 6.18 Å². The minimum Gasteiger partial charge on any atom is -0.353 e. The van der Waals surface area contributed by atoms with E-state index in [2.05, 4.69) is 32.2 Å². The molecule has 0 bridgehead atoms. The molecule has 1 atom stereocenters. The number of carbonyl (C=O) groups excluding carboxylic acids is 1. The Morgan fingerprint density at radius 3 is 2.03 bits per heavy atom. The van der Waals surface area contributed by atoms with Gasteiger partial charge in [0.1, 0.15) is 6.04 Å². The largest absolute Gasteiger partial charge is 0.397 e. The fraction of sp³-hybridized carbons (Fsp3) is 0.419. The average molecular weight is 539 g/mol. The summed E-state index contributed by atoms with van der Waals surface area (Å²) in [5.41, 5.74) is 2.42. The molecule has 0 radical (unpaired) electrons. The van der Waals surface area contributed by atoms with Crippen molar-refractivity contribution in [3.8, 4) is 11.1 Å². The van der Waals surface area contributed by atoms with Gasteiger partial charge in [-0.1, -0.05) is 48.5 Å². The summed E-state index contributed by atoms with van der Waals surface area (Å²) < 4.78 is 40.2. The summed E-state index contributed by atoms with van der Waals surface area (Å²) >= 11 is 0. The Kier molecular flexibility index (Phi) is 8.76. The summed E-state index contributed by atoms with van der Waals surface area (Å²) in [6.45, 7) is 10.00. The molecule has 1 amide bonds. The zero-order valence-electron chi connectivity index (χ0n) is 23.0. The van der Waals surface area contributed by atoms with Gasteiger partial charge in [-0.2, -0.15) is 13.2 Å². The van der Waals surface area contributed by atoms with E-state index < -0.39 is 11.6 Å². The monoisotopic (exact) mass is 538 g/mol. The number of piperazine rings is 1. The number of carbonyl (C=O) groups is 1. The highest BCUT2D eigenvalue weighted by Gasteiger charge is 2.48. The fourth-order valence-electron chi connectivity index (χ4n) is 4.87. The minimum atomic E-state index is -4.31. The molecule has 208 valence electrons. The Bertz CT molecular complexity index is 1230. The van der Waals surface area contributed by atoms with Gasteiger partial charge in [-0.05, 0) is 67.6 Å². The summed E-state index contributed by atoms with van der Waals surface area (Å²) in [5, 5.41) is 3.08. The number of amides is 1. The molecule has 0 spiro atoms. The Morgan fingerprint density at radius 1 is 0.897 bits per heavy atom. The first-order valence-corrected chi connectivity index (χ1v) is 13.4. The van der Waals surface area contributed by atoms with Gasteiger partial charge in [0, 0.05) is 51.2 Å². The molecule has 2 heterocycles. The molecule has 2 aromatic carbocycles. The van der Waals surface area contributed by atoms with E-state index in [1.807, 2.05) is 38.1 Å². The normalized spacial score (nSPS) is 17.4. The Hall–Kier alpha value is -3.23. The molecule has 0 aliphatic carbocycles. The highest BCUT2D eigenvalue weighted by Crippen LogP contribution is 2.40. The molecule has 0 saturated carbocycles. The van der Waals surface area contributed by atoms with Crippen molar-refractivity contribution >= 4 is 5.91 Å². The van der Waals surface area contributed by atoms with E-state index in [4.69, 9.17) is 0 Å². The number of pyridine rings is 1. The van der Waals surface area contributed by atoms with Gasteiger partial charge in [0.05, 0.1) is 5.41 Å². The van der Waals surface area contributed by atoms with E-state index in [9.17, 15) is 18.0 Å². The van der Waals surface area contributed by atoms with Crippen LogP contribution in [0.25, 0.3) is 11.1 Å². The summed E-state index contributed by atoms with van der Waals surface area (Å²) in [7, 11) is 0. The van der Waals surface area contributed by atoms with E-state index >= 15 is 0 Å². The second-order valence-corrected chi connectivity index (χ2v) is 11.1. The summed E-state index contributed by atoms with van der Waals surface area (Å²) in [6.07, 6.45) is -0.763. The number of nitrogens with one attached hydrogen (secondary N) is 1. The second kappa shape index (κ2) is 11.9. The van der Waals surface area contributed by atoms with E-state index in [1.54, 1.807) is 36.7 Å². The van der Waals surface area contributed by atoms with Crippen molar-refractivity contribution in [1.82, 2.24) is 20.1 Å². The highest BCUT2D eigenvalue weighted by molar-refractivity contribution is 5.82. The van der Waals surface area contributed by atoms with Gasteiger partial charge in [-0.3, -0.25) is 19.6 Å². The van der Waals surface area contributed by atoms with Crippen LogP contribution >= 0.6 is 0 Å². The molecule has 3 aromatic rings. The fourth-order valence-corrected chi connectivity index (χ4v) is 4.87. The number of alkyl halides is 3. The zero-order valence-corrected chi connectivity index (χ0v) is 23.0. The second-order valence-electron chi connectivity index (χ2n) is 11.1. The van der Waals surface area contributed by atoms with Crippen LogP contribution in [0.2, 0.25) is 0 Å². The van der Waals surface area contributed by atoms with Gasteiger partial charge in [0.15, 0.2) is 0 Å². The molecule has 5 nitrogen and oxygen atoms in total. The SMILES string of the molecule is CC(C)NC(=O)[C@H]1CN(Cc2ccc(-c3ccc(C(C)(C)C(F)(F)F)cc3)cc2)CCN1Cc1ccncc1. The summed E-state index contributed by atoms with van der Waals surface area (Å²) in [6, 6.07) is 18.5. The predicted molar refractivity (Wildman–Crippen MR) is 148 cm³/mol. The van der Waals surface area contributed by atoms with E-state index in [-0.39, 0.29) is 23.6 Å². The van der Waals surface area contributed by atoms with Gasteiger partial charge in [0.2, 0.25) is 5.91 Å². The van der Waals surface area contributed by atoms with E-state index in [0.717, 1.165) is 35.3 Å². The lowest BCUT2D eigenvalue weighted by atomic mass is 9.83. The standard InChI is InChI=1S/C31H37F3N4O/c1-22(2)36-29(39)28-21-37(17-18-38(28)20-24-13-15-35-16-14-24)19-23-5-7-25(8-6-23)26-9-11-27(12-10-26)30(3,4)31(32,33)34/h5-16,22,28H,17-21H2,1-4H3,(H,36,39)/t28-/m1/s1. The summed E-state index contributed by atoms with van der Waals surface area (Å²) in [5.74, 6) is 0.0382.